The molecule has 5 heteroatoms. The SMILES string of the molecule is COC(=O)[C@@H](NC(N)=O)C(C)C. The summed E-state index contributed by atoms with van der Waals surface area (Å²) < 4.78 is 4.47. The van der Waals surface area contributed by atoms with Crippen LogP contribution in [0.5, 0.6) is 0 Å². The molecule has 0 unspecified atom stereocenters. The van der Waals surface area contributed by atoms with Gasteiger partial charge in [0.05, 0.1) is 7.11 Å². The molecule has 3 N–H and O–H groups in total. The van der Waals surface area contributed by atoms with Crippen LogP contribution in [0.15, 0.2) is 0 Å². The van der Waals surface area contributed by atoms with Crippen LogP contribution in [0, 0.1) is 5.92 Å². The van der Waals surface area contributed by atoms with E-state index in [4.69, 9.17) is 5.73 Å². The minimum absolute atomic E-state index is 0.0371. The lowest BCUT2D eigenvalue weighted by Gasteiger charge is -2.17. The van der Waals surface area contributed by atoms with Gasteiger partial charge in [-0.3, -0.25) is 0 Å². The van der Waals surface area contributed by atoms with Crippen molar-refractivity contribution in [1.29, 1.82) is 0 Å². The fourth-order valence-corrected chi connectivity index (χ4v) is 0.778. The number of nitrogens with two attached hydrogens (primary N) is 1. The van der Waals surface area contributed by atoms with Crippen molar-refractivity contribution in [3.8, 4) is 0 Å². The van der Waals surface area contributed by atoms with Gasteiger partial charge in [-0.1, -0.05) is 13.8 Å². The first-order chi connectivity index (χ1) is 5.49. The number of carbonyl (C=O) groups is 2. The zero-order chi connectivity index (χ0) is 9.72. The maximum atomic E-state index is 11.0. The third kappa shape index (κ3) is 3.23. The van der Waals surface area contributed by atoms with Crippen LogP contribution in [0.1, 0.15) is 13.8 Å². The van der Waals surface area contributed by atoms with Crippen LogP contribution < -0.4 is 11.1 Å². The fraction of sp³-hybridized carbons (Fsp3) is 0.714. The first-order valence-electron chi connectivity index (χ1n) is 3.62. The Morgan fingerprint density at radius 3 is 2.17 bits per heavy atom. The number of amides is 2. The number of hydrogen-bond donors (Lipinski definition) is 2. The summed E-state index contributed by atoms with van der Waals surface area (Å²) in [6.45, 7) is 3.58. The van der Waals surface area contributed by atoms with Crippen molar-refractivity contribution in [1.82, 2.24) is 5.32 Å². The highest BCUT2D eigenvalue weighted by Gasteiger charge is 2.23. The molecule has 0 aromatic carbocycles. The van der Waals surface area contributed by atoms with Crippen molar-refractivity contribution in [2.75, 3.05) is 7.11 Å². The Hall–Kier alpha value is -1.26. The van der Waals surface area contributed by atoms with Crippen LogP contribution in [0.3, 0.4) is 0 Å². The summed E-state index contributed by atoms with van der Waals surface area (Å²) in [7, 11) is 1.26. The Kier molecular flexibility index (Phi) is 4.10. The highest BCUT2D eigenvalue weighted by molar-refractivity contribution is 5.82. The van der Waals surface area contributed by atoms with Crippen molar-refractivity contribution in [2.45, 2.75) is 19.9 Å². The van der Waals surface area contributed by atoms with Crippen LogP contribution in [0.4, 0.5) is 4.79 Å². The van der Waals surface area contributed by atoms with E-state index in [0.29, 0.717) is 0 Å². The molecule has 2 amide bonds. The average Bonchev–Trinajstić information content (AvgIpc) is 1.98. The van der Waals surface area contributed by atoms with Gasteiger partial charge in [-0.25, -0.2) is 9.59 Å². The van der Waals surface area contributed by atoms with E-state index in [9.17, 15) is 9.59 Å². The van der Waals surface area contributed by atoms with E-state index in [1.54, 1.807) is 13.8 Å². The molecule has 0 radical (unpaired) electrons. The summed E-state index contributed by atoms with van der Waals surface area (Å²) in [5, 5.41) is 2.29. The molecule has 0 fully saturated rings. The molecular formula is C7H14N2O3. The standard InChI is InChI=1S/C7H14N2O3/c1-4(2)5(6(10)12-3)9-7(8)11/h4-5H,1-3H3,(H3,8,9,11)/t5-/m0/s1. The highest BCUT2D eigenvalue weighted by atomic mass is 16.5. The summed E-state index contributed by atoms with van der Waals surface area (Å²) in [5.74, 6) is -0.520. The van der Waals surface area contributed by atoms with Crippen LogP contribution in [-0.2, 0) is 9.53 Å². The van der Waals surface area contributed by atoms with E-state index in [1.165, 1.54) is 7.11 Å². The normalized spacial score (nSPS) is 12.3. The zero-order valence-corrected chi connectivity index (χ0v) is 7.46. The van der Waals surface area contributed by atoms with Gasteiger partial charge in [0.15, 0.2) is 0 Å². The predicted molar refractivity (Wildman–Crippen MR) is 43.4 cm³/mol. The second-order valence-corrected chi connectivity index (χ2v) is 2.75. The minimum atomic E-state index is -0.723. The molecule has 0 bridgehead atoms. The van der Waals surface area contributed by atoms with Gasteiger partial charge in [-0.15, -0.1) is 0 Å². The molecule has 0 aliphatic heterocycles. The van der Waals surface area contributed by atoms with Crippen LogP contribution in [0.2, 0.25) is 0 Å². The summed E-state index contributed by atoms with van der Waals surface area (Å²) in [6.07, 6.45) is 0. The molecule has 0 aromatic rings. The van der Waals surface area contributed by atoms with E-state index in [1.807, 2.05) is 0 Å². The fourth-order valence-electron chi connectivity index (χ4n) is 0.778. The molecule has 0 saturated carbocycles. The van der Waals surface area contributed by atoms with E-state index in [-0.39, 0.29) is 5.92 Å². The van der Waals surface area contributed by atoms with E-state index in [2.05, 4.69) is 10.1 Å². The quantitative estimate of drug-likeness (QED) is 0.584. The Morgan fingerprint density at radius 1 is 1.42 bits per heavy atom. The molecule has 0 spiro atoms. The molecule has 0 aliphatic carbocycles. The molecule has 12 heavy (non-hydrogen) atoms. The lowest BCUT2D eigenvalue weighted by Crippen LogP contribution is -2.47. The van der Waals surface area contributed by atoms with Crippen LogP contribution >= 0.6 is 0 Å². The number of methoxy groups -OCH3 is 1. The Balaban J connectivity index is 4.23. The van der Waals surface area contributed by atoms with E-state index >= 15 is 0 Å². The average molecular weight is 174 g/mol. The monoisotopic (exact) mass is 174 g/mol. The second-order valence-electron chi connectivity index (χ2n) is 2.75. The first kappa shape index (κ1) is 10.7. The summed E-state index contributed by atoms with van der Waals surface area (Å²) >= 11 is 0. The molecule has 0 heterocycles. The summed E-state index contributed by atoms with van der Waals surface area (Å²) in [6, 6.07) is -1.38. The van der Waals surface area contributed by atoms with Crippen molar-refractivity contribution in [3.05, 3.63) is 0 Å². The lowest BCUT2D eigenvalue weighted by molar-refractivity contribution is -0.143. The van der Waals surface area contributed by atoms with Gasteiger partial charge >= 0.3 is 12.0 Å². The Labute approximate surface area is 71.3 Å². The number of urea groups is 1. The van der Waals surface area contributed by atoms with Crippen LogP contribution in [0.25, 0.3) is 0 Å². The van der Waals surface area contributed by atoms with Gasteiger partial charge in [0, 0.05) is 0 Å². The maximum absolute atomic E-state index is 11.0. The van der Waals surface area contributed by atoms with Gasteiger partial charge in [0.1, 0.15) is 6.04 Å². The van der Waals surface area contributed by atoms with Gasteiger partial charge in [0.2, 0.25) is 0 Å². The number of nitrogens with one attached hydrogen (secondary N) is 1. The minimum Gasteiger partial charge on any atom is -0.467 e. The largest absolute Gasteiger partial charge is 0.467 e. The lowest BCUT2D eigenvalue weighted by atomic mass is 10.1. The van der Waals surface area contributed by atoms with Gasteiger partial charge in [-0.05, 0) is 5.92 Å². The first-order valence-corrected chi connectivity index (χ1v) is 3.62. The second kappa shape index (κ2) is 4.58. The number of carbonyl (C=O) groups excluding carboxylic acids is 2. The molecule has 0 saturated heterocycles. The maximum Gasteiger partial charge on any atom is 0.328 e. The van der Waals surface area contributed by atoms with Gasteiger partial charge in [0.25, 0.3) is 0 Å². The number of primary amides is 1. The van der Waals surface area contributed by atoms with Gasteiger partial charge in [-0.2, -0.15) is 0 Å². The number of ether oxygens (including phenoxy) is 1. The molecule has 1 atom stereocenters. The van der Waals surface area contributed by atoms with Gasteiger partial charge < -0.3 is 15.8 Å². The number of esters is 1. The molecule has 70 valence electrons. The summed E-state index contributed by atoms with van der Waals surface area (Å²) in [4.78, 5) is 21.4. The highest BCUT2D eigenvalue weighted by Crippen LogP contribution is 2.02. The zero-order valence-electron chi connectivity index (χ0n) is 7.46. The smallest absolute Gasteiger partial charge is 0.328 e. The van der Waals surface area contributed by atoms with Crippen molar-refractivity contribution < 1.29 is 14.3 Å². The Bertz CT molecular complexity index is 179. The summed E-state index contributed by atoms with van der Waals surface area (Å²) in [5.41, 5.74) is 4.87. The third-order valence-corrected chi connectivity index (χ3v) is 1.42. The van der Waals surface area contributed by atoms with Crippen LogP contribution in [-0.4, -0.2) is 25.2 Å². The molecule has 5 nitrogen and oxygen atoms in total. The van der Waals surface area contributed by atoms with Crippen molar-refractivity contribution in [3.63, 3.8) is 0 Å². The predicted octanol–water partition coefficient (Wildman–Crippen LogP) is -0.148. The molecule has 0 rings (SSSR count). The van der Waals surface area contributed by atoms with Crippen molar-refractivity contribution >= 4 is 12.0 Å². The topological polar surface area (TPSA) is 81.4 Å². The number of rotatable bonds is 3. The number of hydrogen-bond acceptors (Lipinski definition) is 3. The third-order valence-electron chi connectivity index (χ3n) is 1.42. The molecule has 0 aromatic heterocycles. The molecular weight excluding hydrogens is 160 g/mol. The van der Waals surface area contributed by atoms with Crippen molar-refractivity contribution in [2.24, 2.45) is 11.7 Å². The Morgan fingerprint density at radius 2 is 1.92 bits per heavy atom. The van der Waals surface area contributed by atoms with E-state index < -0.39 is 18.0 Å². The molecule has 0 aliphatic rings. The van der Waals surface area contributed by atoms with E-state index in [0.717, 1.165) is 0 Å².